The number of pyridine rings is 1. The van der Waals surface area contributed by atoms with Crippen LogP contribution in [0.15, 0.2) is 35.8 Å². The highest BCUT2D eigenvalue weighted by Gasteiger charge is 2.13. The van der Waals surface area contributed by atoms with Crippen molar-refractivity contribution in [3.8, 4) is 0 Å². The van der Waals surface area contributed by atoms with Crippen molar-refractivity contribution >= 4 is 22.8 Å². The highest BCUT2D eigenvalue weighted by Crippen LogP contribution is 2.27. The van der Waals surface area contributed by atoms with Crippen molar-refractivity contribution in [1.29, 1.82) is 0 Å². The van der Waals surface area contributed by atoms with Crippen LogP contribution in [0.25, 0.3) is 0 Å². The second kappa shape index (κ2) is 6.29. The Morgan fingerprint density at radius 3 is 2.84 bits per heavy atom. The molecule has 2 heterocycles. The Labute approximate surface area is 115 Å². The predicted molar refractivity (Wildman–Crippen MR) is 76.5 cm³/mol. The summed E-state index contributed by atoms with van der Waals surface area (Å²) < 4.78 is 0. The van der Waals surface area contributed by atoms with Crippen LogP contribution in [-0.4, -0.2) is 9.91 Å². The first-order chi connectivity index (χ1) is 9.20. The third-order valence-corrected chi connectivity index (χ3v) is 3.73. The lowest BCUT2D eigenvalue weighted by Gasteiger charge is -2.17. The van der Waals surface area contributed by atoms with Crippen molar-refractivity contribution in [3.63, 3.8) is 0 Å². The Bertz CT molecular complexity index is 525. The second-order valence-corrected chi connectivity index (χ2v) is 5.14. The van der Waals surface area contributed by atoms with Crippen LogP contribution < -0.4 is 5.32 Å². The van der Waals surface area contributed by atoms with Crippen LogP contribution >= 0.6 is 11.3 Å². The van der Waals surface area contributed by atoms with E-state index >= 15 is 0 Å². The fourth-order valence-corrected chi connectivity index (χ4v) is 2.63. The number of thiophene rings is 1. The molecule has 0 aliphatic heterocycles. The topological polar surface area (TPSA) is 68.1 Å². The lowest BCUT2D eigenvalue weighted by Crippen LogP contribution is -2.10. The van der Waals surface area contributed by atoms with Crippen LogP contribution in [0.4, 0.5) is 11.5 Å². The molecule has 0 spiro atoms. The largest absolute Gasteiger partial charge is 0.362 e. The van der Waals surface area contributed by atoms with E-state index in [1.807, 2.05) is 11.4 Å². The van der Waals surface area contributed by atoms with Gasteiger partial charge in [-0.1, -0.05) is 19.4 Å². The number of nitrogens with zero attached hydrogens (tertiary/aromatic N) is 2. The molecule has 2 rings (SSSR count). The molecule has 1 N–H and O–H groups in total. The number of anilines is 1. The second-order valence-electron chi connectivity index (χ2n) is 4.16. The Balaban J connectivity index is 2.11. The van der Waals surface area contributed by atoms with Crippen molar-refractivity contribution in [2.24, 2.45) is 0 Å². The van der Waals surface area contributed by atoms with Crippen molar-refractivity contribution in [3.05, 3.63) is 50.8 Å². The third-order valence-electron chi connectivity index (χ3n) is 2.74. The summed E-state index contributed by atoms with van der Waals surface area (Å²) >= 11 is 1.70. The average molecular weight is 277 g/mol. The quantitative estimate of drug-likeness (QED) is 0.640. The summed E-state index contributed by atoms with van der Waals surface area (Å²) in [6, 6.07) is 7.43. The van der Waals surface area contributed by atoms with E-state index < -0.39 is 4.92 Å². The number of aromatic nitrogens is 1. The van der Waals surface area contributed by atoms with Crippen molar-refractivity contribution in [1.82, 2.24) is 4.98 Å². The fourth-order valence-electron chi connectivity index (χ4n) is 1.82. The summed E-state index contributed by atoms with van der Waals surface area (Å²) in [4.78, 5) is 15.5. The van der Waals surface area contributed by atoms with Gasteiger partial charge >= 0.3 is 0 Å². The van der Waals surface area contributed by atoms with Crippen LogP contribution in [0, 0.1) is 10.1 Å². The summed E-state index contributed by atoms with van der Waals surface area (Å²) in [6.45, 7) is 2.13. The van der Waals surface area contributed by atoms with Crippen LogP contribution in [0.5, 0.6) is 0 Å². The molecule has 0 fully saturated rings. The van der Waals surface area contributed by atoms with Gasteiger partial charge in [0.2, 0.25) is 0 Å². The third kappa shape index (κ3) is 3.51. The maximum atomic E-state index is 10.6. The van der Waals surface area contributed by atoms with Gasteiger partial charge in [-0.3, -0.25) is 10.1 Å². The molecule has 6 heteroatoms. The van der Waals surface area contributed by atoms with Crippen molar-refractivity contribution in [2.45, 2.75) is 25.8 Å². The molecule has 0 bridgehead atoms. The van der Waals surface area contributed by atoms with E-state index in [0.717, 1.165) is 12.8 Å². The van der Waals surface area contributed by atoms with Crippen molar-refractivity contribution in [2.75, 3.05) is 5.32 Å². The van der Waals surface area contributed by atoms with Gasteiger partial charge in [-0.2, -0.15) is 0 Å². The molecule has 5 nitrogen and oxygen atoms in total. The number of rotatable bonds is 6. The number of nitrogens with one attached hydrogen (secondary N) is 1. The molecular weight excluding hydrogens is 262 g/mol. The number of nitro groups is 1. The molecule has 2 aromatic rings. The summed E-state index contributed by atoms with van der Waals surface area (Å²) in [5, 5.41) is 15.9. The molecule has 2 aromatic heterocycles. The number of hydrogen-bond acceptors (Lipinski definition) is 5. The van der Waals surface area contributed by atoms with Gasteiger partial charge in [0, 0.05) is 10.9 Å². The highest BCUT2D eigenvalue weighted by molar-refractivity contribution is 7.10. The minimum absolute atomic E-state index is 0.00807. The van der Waals surface area contributed by atoms with Crippen LogP contribution in [-0.2, 0) is 0 Å². The molecule has 0 amide bonds. The molecule has 1 atom stereocenters. The first kappa shape index (κ1) is 13.5. The smallest absolute Gasteiger partial charge is 0.287 e. The van der Waals surface area contributed by atoms with Gasteiger partial charge in [-0.05, 0) is 23.9 Å². The lowest BCUT2D eigenvalue weighted by atomic mass is 10.1. The first-order valence-corrected chi connectivity index (χ1v) is 6.99. The minimum atomic E-state index is -0.445. The van der Waals surface area contributed by atoms with E-state index in [1.165, 1.54) is 17.1 Å². The van der Waals surface area contributed by atoms with Crippen LogP contribution in [0.3, 0.4) is 0 Å². The Kier molecular flexibility index (Phi) is 4.46. The van der Waals surface area contributed by atoms with Gasteiger partial charge in [-0.25, -0.2) is 4.98 Å². The predicted octanol–water partition coefficient (Wildman–Crippen LogP) is 4.00. The first-order valence-electron chi connectivity index (χ1n) is 6.11. The maximum absolute atomic E-state index is 10.6. The van der Waals surface area contributed by atoms with E-state index in [2.05, 4.69) is 23.3 Å². The van der Waals surface area contributed by atoms with E-state index in [0.29, 0.717) is 5.82 Å². The summed E-state index contributed by atoms with van der Waals surface area (Å²) in [5.74, 6) is 0.664. The van der Waals surface area contributed by atoms with Gasteiger partial charge in [0.15, 0.2) is 0 Å². The molecule has 0 aromatic carbocycles. The zero-order valence-electron chi connectivity index (χ0n) is 10.6. The maximum Gasteiger partial charge on any atom is 0.287 e. The minimum Gasteiger partial charge on any atom is -0.362 e. The summed E-state index contributed by atoms with van der Waals surface area (Å²) in [7, 11) is 0. The normalized spacial score (nSPS) is 12.1. The van der Waals surface area contributed by atoms with E-state index in [9.17, 15) is 10.1 Å². The highest BCUT2D eigenvalue weighted by atomic mass is 32.1. The Morgan fingerprint density at radius 1 is 1.47 bits per heavy atom. The molecule has 0 radical (unpaired) electrons. The van der Waals surface area contributed by atoms with E-state index in [4.69, 9.17) is 0 Å². The molecule has 0 saturated heterocycles. The van der Waals surface area contributed by atoms with E-state index in [-0.39, 0.29) is 11.7 Å². The van der Waals surface area contributed by atoms with E-state index in [1.54, 1.807) is 17.4 Å². The monoisotopic (exact) mass is 277 g/mol. The van der Waals surface area contributed by atoms with Crippen LogP contribution in [0.2, 0.25) is 0 Å². The van der Waals surface area contributed by atoms with Gasteiger partial charge in [0.1, 0.15) is 12.0 Å². The van der Waals surface area contributed by atoms with Crippen molar-refractivity contribution < 1.29 is 4.92 Å². The van der Waals surface area contributed by atoms with Gasteiger partial charge in [-0.15, -0.1) is 11.3 Å². The average Bonchev–Trinajstić information content (AvgIpc) is 2.92. The molecule has 0 aliphatic rings. The van der Waals surface area contributed by atoms with Crippen LogP contribution in [0.1, 0.15) is 30.7 Å². The molecule has 19 heavy (non-hydrogen) atoms. The molecule has 0 saturated carbocycles. The Hall–Kier alpha value is -1.95. The fraction of sp³-hybridized carbons (Fsp3) is 0.308. The standard InChI is InChI=1S/C13H15N3O2S/c1-2-4-11(12-5-3-8-19-12)15-13-7-6-10(9-14-13)16(17)18/h3,5-9,11H,2,4H2,1H3,(H,14,15). The zero-order chi connectivity index (χ0) is 13.7. The SMILES string of the molecule is CCCC(Nc1ccc([N+](=O)[O-])cn1)c1cccs1. The Morgan fingerprint density at radius 2 is 2.32 bits per heavy atom. The van der Waals surface area contributed by atoms with Gasteiger partial charge in [0.25, 0.3) is 5.69 Å². The lowest BCUT2D eigenvalue weighted by molar-refractivity contribution is -0.385. The van der Waals surface area contributed by atoms with Gasteiger partial charge < -0.3 is 5.32 Å². The summed E-state index contributed by atoms with van der Waals surface area (Å²) in [6.07, 6.45) is 3.33. The molecule has 0 aliphatic carbocycles. The molecule has 1 unspecified atom stereocenters. The molecule has 100 valence electrons. The van der Waals surface area contributed by atoms with Gasteiger partial charge in [0.05, 0.1) is 11.0 Å². The summed E-state index contributed by atoms with van der Waals surface area (Å²) in [5.41, 5.74) is 0.00807. The number of hydrogen-bond donors (Lipinski definition) is 1. The molecular formula is C13H15N3O2S. The zero-order valence-corrected chi connectivity index (χ0v) is 11.4.